The largest absolute Gasteiger partial charge is 0.471 e. The van der Waals surface area contributed by atoms with E-state index in [2.05, 4.69) is 82.7 Å². The summed E-state index contributed by atoms with van der Waals surface area (Å²) in [6.45, 7) is 0. The Kier molecular flexibility index (Phi) is 27.2. The second kappa shape index (κ2) is 40.0. The lowest BCUT2D eigenvalue weighted by molar-refractivity contribution is -0.0161. The minimum Gasteiger partial charge on any atom is -0.471 e. The van der Waals surface area contributed by atoms with E-state index in [4.69, 9.17) is 36.1 Å². The van der Waals surface area contributed by atoms with Gasteiger partial charge in [-0.05, 0) is 136 Å². The van der Waals surface area contributed by atoms with Gasteiger partial charge in [-0.15, -0.1) is 0 Å². The van der Waals surface area contributed by atoms with Crippen molar-refractivity contribution >= 4 is 17.5 Å². The van der Waals surface area contributed by atoms with Crippen LogP contribution in [0.1, 0.15) is 77.0 Å². The third-order valence-electron chi connectivity index (χ3n) is 24.4. The Labute approximate surface area is 762 Å². The number of hydrogen-bond acceptors (Lipinski definition) is 28. The molecule has 12 aromatic heterocycles. The molecular formula is C96H109N29O7. The second-order valence-corrected chi connectivity index (χ2v) is 34.3. The Morgan fingerprint density at radius 3 is 0.962 bits per heavy atom. The number of aryl methyl sites for hydroxylation is 8. The normalized spacial score (nSPS) is 20.7. The Morgan fingerprint density at radius 1 is 0.303 bits per heavy atom. The predicted molar refractivity (Wildman–Crippen MR) is 502 cm³/mol. The average Bonchev–Trinajstić information content (AvgIpc) is 1.79. The van der Waals surface area contributed by atoms with Crippen molar-refractivity contribution in [3.05, 3.63) is 221 Å². The topological polar surface area (TPSA) is 464 Å². The fraction of sp³-hybridized carbons (Fsp3) is 0.333. The van der Waals surface area contributed by atoms with Crippen LogP contribution < -0.4 is 32.2 Å². The monoisotopic (exact) mass is 1780 g/mol. The molecule has 12 atom stereocenters. The van der Waals surface area contributed by atoms with Crippen molar-refractivity contribution in [2.75, 3.05) is 16.0 Å². The number of hydrogen-bond donors (Lipinski definition) is 11. The lowest BCUT2D eigenvalue weighted by Gasteiger charge is -2.33. The fourth-order valence-electron chi connectivity index (χ4n) is 17.1. The van der Waals surface area contributed by atoms with Crippen molar-refractivity contribution in [3.63, 3.8) is 0 Å². The molecule has 0 aliphatic heterocycles. The van der Waals surface area contributed by atoms with E-state index in [0.717, 1.165) is 176 Å². The molecule has 13 N–H and O–H groups in total. The van der Waals surface area contributed by atoms with Crippen molar-refractivity contribution in [2.24, 2.45) is 67.8 Å². The van der Waals surface area contributed by atoms with Gasteiger partial charge in [-0.1, -0.05) is 72.8 Å². The lowest BCUT2D eigenvalue weighted by atomic mass is 9.88. The molecule has 0 unspecified atom stereocenters. The van der Waals surface area contributed by atoms with Crippen LogP contribution >= 0.6 is 0 Å². The molecule has 0 saturated heterocycles. The number of benzene rings is 4. The molecule has 20 rings (SSSR count). The number of aliphatic hydroxyl groups is 6. The first-order chi connectivity index (χ1) is 63.9. The number of ether oxygens (including phenoxy) is 1. The summed E-state index contributed by atoms with van der Waals surface area (Å²) in [7, 11) is 15.0. The third kappa shape index (κ3) is 21.0. The number of rotatable bonds is 20. The second-order valence-electron chi connectivity index (χ2n) is 34.3. The smallest absolute Gasteiger partial charge is 0.225 e. The minimum absolute atomic E-state index is 0.180. The first-order valence-corrected chi connectivity index (χ1v) is 44.3. The van der Waals surface area contributed by atoms with Crippen LogP contribution in [0.15, 0.2) is 221 Å². The number of aromatic nitrogens is 24. The summed E-state index contributed by atoms with van der Waals surface area (Å²) in [6.07, 6.45) is 37.7. The summed E-state index contributed by atoms with van der Waals surface area (Å²) >= 11 is 0. The first-order valence-electron chi connectivity index (χ1n) is 44.3. The Bertz CT molecular complexity index is 5840. The lowest BCUT2D eigenvalue weighted by Crippen LogP contribution is -2.49. The third-order valence-corrected chi connectivity index (χ3v) is 24.4. The quantitative estimate of drug-likeness (QED) is 0.0338. The molecule has 4 aromatic carbocycles. The summed E-state index contributed by atoms with van der Waals surface area (Å²) in [4.78, 5) is 37.9. The van der Waals surface area contributed by atoms with Gasteiger partial charge in [-0.2, -0.15) is 45.8 Å². The highest BCUT2D eigenvalue weighted by Gasteiger charge is 2.36. The van der Waals surface area contributed by atoms with Crippen molar-refractivity contribution in [2.45, 2.75) is 150 Å². The van der Waals surface area contributed by atoms with Crippen LogP contribution in [0.3, 0.4) is 0 Å². The van der Waals surface area contributed by atoms with Crippen molar-refractivity contribution in [3.8, 4) is 141 Å². The van der Waals surface area contributed by atoms with Gasteiger partial charge in [0.25, 0.3) is 0 Å². The van der Waals surface area contributed by atoms with Gasteiger partial charge in [-0.3, -0.25) is 37.5 Å². The summed E-state index contributed by atoms with van der Waals surface area (Å²) in [6, 6.07) is 34.6. The van der Waals surface area contributed by atoms with Crippen LogP contribution in [0, 0.1) is 0 Å². The van der Waals surface area contributed by atoms with Crippen LogP contribution in [0.5, 0.6) is 5.88 Å². The molecule has 36 nitrogen and oxygen atoms in total. The van der Waals surface area contributed by atoms with Gasteiger partial charge in [-0.25, -0.2) is 34.9 Å². The van der Waals surface area contributed by atoms with E-state index in [-0.39, 0.29) is 30.2 Å². The minimum atomic E-state index is -0.859. The average molecular weight is 1780 g/mol. The van der Waals surface area contributed by atoms with Crippen LogP contribution in [0.25, 0.3) is 135 Å². The van der Waals surface area contributed by atoms with E-state index >= 15 is 0 Å². The van der Waals surface area contributed by atoms with Gasteiger partial charge in [0.05, 0.1) is 114 Å². The van der Waals surface area contributed by atoms with E-state index in [9.17, 15) is 30.6 Å². The van der Waals surface area contributed by atoms with Crippen molar-refractivity contribution < 1.29 is 35.4 Å². The molecular weight excluding hydrogens is 1670 g/mol. The number of aliphatic hydroxyl groups excluding tert-OH is 6. The highest BCUT2D eigenvalue weighted by atomic mass is 16.5. The van der Waals surface area contributed by atoms with E-state index in [1.54, 1.807) is 74.6 Å². The maximum atomic E-state index is 10.7. The molecule has 4 fully saturated rings. The molecule has 12 heterocycles. The summed E-state index contributed by atoms with van der Waals surface area (Å²) in [5.41, 5.74) is 30.2. The Morgan fingerprint density at radius 2 is 0.606 bits per heavy atom. The zero-order chi connectivity index (χ0) is 91.8. The molecule has 36 heteroatoms. The molecule has 4 aliphatic rings. The summed E-state index contributed by atoms with van der Waals surface area (Å²) < 4.78 is 20.3. The van der Waals surface area contributed by atoms with Crippen molar-refractivity contribution in [1.82, 2.24) is 118 Å². The molecule has 0 radical (unpaired) electrons. The highest BCUT2D eigenvalue weighted by molar-refractivity contribution is 5.80. The van der Waals surface area contributed by atoms with E-state index in [1.807, 2.05) is 234 Å². The van der Waals surface area contributed by atoms with E-state index in [0.29, 0.717) is 59.5 Å². The number of nitrogens with one attached hydrogen (secondary N) is 3. The van der Waals surface area contributed by atoms with E-state index < -0.39 is 42.7 Å². The van der Waals surface area contributed by atoms with Gasteiger partial charge in [0, 0.05) is 204 Å². The van der Waals surface area contributed by atoms with Gasteiger partial charge < -0.3 is 62.8 Å². The number of anilines is 3. The molecule has 132 heavy (non-hydrogen) atoms. The highest BCUT2D eigenvalue weighted by Crippen LogP contribution is 2.39. The zero-order valence-electron chi connectivity index (χ0n) is 74.7. The molecule has 16 aromatic rings. The summed E-state index contributed by atoms with van der Waals surface area (Å²) in [5.74, 6) is 4.52. The zero-order valence-corrected chi connectivity index (χ0v) is 74.7. The molecule has 4 saturated carbocycles. The maximum absolute atomic E-state index is 10.7. The standard InChI is InChI=1S/C24H28N8O.3C24H27N7O2/c1-31-10-9-20(30-31)18-13-26-23(29-24(18)28-21-8-4-7-19(25)22(21)33)16-6-3-5-15(11-16)17-12-27-32(2)14-17;1-30-13-17(10-27-30)15-5-3-6-16(9-15)23-26-12-19(18-11-28-31(2)14-18)24(29-23)33-21-8-4-7-20(25)22(21)32;1-30-13-17(10-26-30)15-5-3-6-16(9-15)23-25-12-19(18-11-27-31(2)14-18)24(29-23)28-20-7-4-8-21(32)22(20)33;1-30-10-9-19(29-30)18-13-25-23(28-24(18)27-20-7-4-8-21(32)22(20)33)16-6-3-5-15(11-16)17-12-26-31(2)14-17/h3,5-6,9-14,19,21-22,33H,4,7-8,25H2,1-2H3,(H,26,28,29);3,5-6,9-14,20-22,32H,4,7-8,25H2,1-2H3;3,5-6,9-14,20-22,32-33H,4,7-8H2,1-2H3,(H,25,28,29);3,5-6,9-14,20-22,32-33H,4,7-8H2,1-2H3,(H,25,27,28)/t19-,21-,22+;3*20-,21-,22+/m1111/s1. The first kappa shape index (κ1) is 89.7. The van der Waals surface area contributed by atoms with Gasteiger partial charge in [0.1, 0.15) is 29.7 Å². The van der Waals surface area contributed by atoms with Crippen molar-refractivity contribution in [1.29, 1.82) is 0 Å². The van der Waals surface area contributed by atoms with Crippen LogP contribution in [-0.4, -0.2) is 222 Å². The fourth-order valence-corrected chi connectivity index (χ4v) is 17.1. The summed E-state index contributed by atoms with van der Waals surface area (Å²) in [5, 5.41) is 107. The SMILES string of the molecule is Cn1cc(-c2cccc(-c3ncc(-c4ccn(C)n4)c(N[C@@H]4CCC[C@@H](N)[C@@H]4O)n3)c2)cn1.Cn1cc(-c2cccc(-c3ncc(-c4ccn(C)n4)c(N[C@@H]4CCC[C@@H](O)[C@H]4O)n3)c2)cn1.Cn1cc(-c2cccc(-c3ncc(-c4cnn(C)c4)c(N[C@@H]4CCC[C@@H](O)[C@H]4O)n3)c2)cn1.Cn1cc(-c2cccc(-c3ncc(-c4cnn(C)c4)c(O[C@@H]4CCC[C@@H](N)[C@@H]4O)n3)c2)cn1. The van der Waals surface area contributed by atoms with Gasteiger partial charge in [0.2, 0.25) is 5.88 Å². The molecule has 680 valence electrons. The Hall–Kier alpha value is -14.2. The van der Waals surface area contributed by atoms with Gasteiger partial charge >= 0.3 is 0 Å². The van der Waals surface area contributed by atoms with Crippen LogP contribution in [-0.2, 0) is 56.4 Å². The molecule has 0 amide bonds. The van der Waals surface area contributed by atoms with Crippen LogP contribution in [0.2, 0.25) is 0 Å². The predicted octanol–water partition coefficient (Wildman–Crippen LogP) is 10.4. The number of nitrogens with two attached hydrogens (primary N) is 2. The Balaban J connectivity index is 0.000000123. The molecule has 4 aliphatic carbocycles. The van der Waals surface area contributed by atoms with Gasteiger partial charge in [0.15, 0.2) is 23.3 Å². The van der Waals surface area contributed by atoms with E-state index in [1.165, 1.54) is 0 Å². The maximum Gasteiger partial charge on any atom is 0.225 e. The number of nitrogens with zero attached hydrogens (tertiary/aromatic N) is 24. The molecule has 0 spiro atoms. The molecule has 0 bridgehead atoms. The van der Waals surface area contributed by atoms with Crippen LogP contribution in [0.4, 0.5) is 17.5 Å².